The molecule has 0 aliphatic heterocycles. The Bertz CT molecular complexity index is 399. The Hall–Kier alpha value is -1.45. The van der Waals surface area contributed by atoms with E-state index in [4.69, 9.17) is 4.74 Å². The molecule has 0 amide bonds. The minimum atomic E-state index is -0.154. The predicted octanol–water partition coefficient (Wildman–Crippen LogP) is 0.891. The molecule has 4 heteroatoms. The zero-order valence-electron chi connectivity index (χ0n) is 7.69. The number of carbonyl (C=O) groups is 1. The molecule has 0 saturated heterocycles. The summed E-state index contributed by atoms with van der Waals surface area (Å²) in [5.74, 6) is 0.321. The molecule has 0 bridgehead atoms. The topological polar surface area (TPSA) is 52.1 Å². The van der Waals surface area contributed by atoms with Crippen molar-refractivity contribution in [2.75, 3.05) is 0 Å². The Balaban J connectivity index is 1.76. The third kappa shape index (κ3) is 1.27. The fourth-order valence-electron chi connectivity index (χ4n) is 1.46. The van der Waals surface area contributed by atoms with E-state index in [1.165, 1.54) is 6.20 Å². The lowest BCUT2D eigenvalue weighted by molar-refractivity contribution is -0.136. The van der Waals surface area contributed by atoms with Gasteiger partial charge in [0.1, 0.15) is 0 Å². The lowest BCUT2D eigenvalue weighted by Crippen LogP contribution is -2.17. The van der Waals surface area contributed by atoms with Crippen molar-refractivity contribution < 1.29 is 9.53 Å². The third-order valence-electron chi connectivity index (χ3n) is 2.62. The Kier molecular flexibility index (Phi) is 1.56. The highest BCUT2D eigenvalue weighted by atomic mass is 16.5. The van der Waals surface area contributed by atoms with Gasteiger partial charge in [0.25, 0.3) is 0 Å². The molecular weight excluding hydrogens is 180 g/mol. The molecule has 0 unspecified atom stereocenters. The summed E-state index contributed by atoms with van der Waals surface area (Å²) in [6, 6.07) is 0. The molecule has 4 nitrogen and oxygen atoms in total. The number of rotatable bonds is 2. The van der Waals surface area contributed by atoms with Gasteiger partial charge >= 0.3 is 5.97 Å². The van der Waals surface area contributed by atoms with Crippen LogP contribution in [0.1, 0.15) is 24.2 Å². The van der Waals surface area contributed by atoms with E-state index in [-0.39, 0.29) is 11.9 Å². The average Bonchev–Trinajstić information content (AvgIpc) is 2.92. The molecule has 0 spiro atoms. The number of nitrogens with zero attached hydrogens (tertiary/aromatic N) is 2. The number of fused-ring (bicyclic) bond motifs is 1. The van der Waals surface area contributed by atoms with Crippen LogP contribution in [0.15, 0.2) is 6.20 Å². The van der Waals surface area contributed by atoms with Crippen molar-refractivity contribution in [3.63, 3.8) is 0 Å². The Morgan fingerprint density at radius 1 is 1.36 bits per heavy atom. The van der Waals surface area contributed by atoms with E-state index in [0.29, 0.717) is 5.88 Å². The van der Waals surface area contributed by atoms with Gasteiger partial charge in [0.15, 0.2) is 0 Å². The summed E-state index contributed by atoms with van der Waals surface area (Å²) in [6.07, 6.45) is 5.41. The van der Waals surface area contributed by atoms with Gasteiger partial charge in [-0.1, -0.05) is 0 Å². The largest absolute Gasteiger partial charge is 0.406 e. The van der Waals surface area contributed by atoms with Gasteiger partial charge in [-0.05, 0) is 25.7 Å². The maximum atomic E-state index is 11.3. The van der Waals surface area contributed by atoms with Gasteiger partial charge in [0, 0.05) is 0 Å². The first-order valence-electron chi connectivity index (χ1n) is 4.89. The summed E-state index contributed by atoms with van der Waals surface area (Å²) in [6.45, 7) is 0. The Morgan fingerprint density at radius 2 is 2.14 bits per heavy atom. The van der Waals surface area contributed by atoms with Gasteiger partial charge in [-0.2, -0.15) is 0 Å². The number of carbonyl (C=O) groups excluding carboxylic acids is 1. The van der Waals surface area contributed by atoms with Crippen LogP contribution in [0.25, 0.3) is 0 Å². The minimum Gasteiger partial charge on any atom is -0.406 e. The Labute approximate surface area is 81.3 Å². The summed E-state index contributed by atoms with van der Waals surface area (Å²) in [5.41, 5.74) is 2.02. The molecule has 72 valence electrons. The second-order valence-electron chi connectivity index (χ2n) is 3.80. The third-order valence-corrected chi connectivity index (χ3v) is 2.62. The van der Waals surface area contributed by atoms with E-state index in [1.807, 2.05) is 0 Å². The molecule has 1 aromatic rings. The monoisotopic (exact) mass is 190 g/mol. The first-order chi connectivity index (χ1) is 6.83. The van der Waals surface area contributed by atoms with Crippen LogP contribution in [0.5, 0.6) is 5.88 Å². The van der Waals surface area contributed by atoms with Crippen molar-refractivity contribution in [2.24, 2.45) is 5.92 Å². The SMILES string of the molecule is O=C(Oc1cnc2c(n1)CC2)C1CC1. The van der Waals surface area contributed by atoms with Crippen LogP contribution in [0.3, 0.4) is 0 Å². The molecule has 0 aromatic carbocycles. The molecule has 1 aromatic heterocycles. The van der Waals surface area contributed by atoms with Crippen molar-refractivity contribution in [3.05, 3.63) is 17.6 Å². The van der Waals surface area contributed by atoms with Crippen LogP contribution in [-0.4, -0.2) is 15.9 Å². The van der Waals surface area contributed by atoms with Gasteiger partial charge in [0.05, 0.1) is 23.5 Å². The predicted molar refractivity (Wildman–Crippen MR) is 47.8 cm³/mol. The second-order valence-corrected chi connectivity index (χ2v) is 3.80. The maximum absolute atomic E-state index is 11.3. The summed E-state index contributed by atoms with van der Waals surface area (Å²) in [5, 5.41) is 0. The van der Waals surface area contributed by atoms with E-state index < -0.39 is 0 Å². The summed E-state index contributed by atoms with van der Waals surface area (Å²) >= 11 is 0. The van der Waals surface area contributed by atoms with E-state index in [9.17, 15) is 4.79 Å². The van der Waals surface area contributed by atoms with Gasteiger partial charge in [0.2, 0.25) is 5.88 Å². The number of esters is 1. The quantitative estimate of drug-likeness (QED) is 0.650. The molecule has 0 atom stereocenters. The first-order valence-corrected chi connectivity index (χ1v) is 4.89. The Morgan fingerprint density at radius 3 is 2.71 bits per heavy atom. The number of aromatic nitrogens is 2. The summed E-state index contributed by atoms with van der Waals surface area (Å²) < 4.78 is 5.10. The molecule has 14 heavy (non-hydrogen) atoms. The standard InChI is InChI=1S/C10H10N2O2/c13-10(6-1-2-6)14-9-5-11-7-3-4-8(7)12-9/h5-6H,1-4H2. The van der Waals surface area contributed by atoms with Gasteiger partial charge < -0.3 is 4.74 Å². The van der Waals surface area contributed by atoms with Gasteiger partial charge in [-0.25, -0.2) is 4.98 Å². The van der Waals surface area contributed by atoms with E-state index >= 15 is 0 Å². The molecule has 0 N–H and O–H groups in total. The van der Waals surface area contributed by atoms with Crippen molar-refractivity contribution in [1.29, 1.82) is 0 Å². The van der Waals surface area contributed by atoms with Crippen LogP contribution < -0.4 is 4.74 Å². The fourth-order valence-corrected chi connectivity index (χ4v) is 1.46. The van der Waals surface area contributed by atoms with Gasteiger partial charge in [-0.15, -0.1) is 0 Å². The highest BCUT2D eigenvalue weighted by molar-refractivity contribution is 5.76. The van der Waals surface area contributed by atoms with Crippen molar-refractivity contribution in [3.8, 4) is 5.88 Å². The number of aryl methyl sites for hydroxylation is 2. The van der Waals surface area contributed by atoms with Crippen LogP contribution in [0.2, 0.25) is 0 Å². The van der Waals surface area contributed by atoms with Crippen LogP contribution in [0.4, 0.5) is 0 Å². The van der Waals surface area contributed by atoms with E-state index in [2.05, 4.69) is 9.97 Å². The highest BCUT2D eigenvalue weighted by Crippen LogP contribution is 2.30. The molecule has 1 fully saturated rings. The zero-order chi connectivity index (χ0) is 9.54. The highest BCUT2D eigenvalue weighted by Gasteiger charge is 2.32. The lowest BCUT2D eigenvalue weighted by atomic mass is 10.0. The van der Waals surface area contributed by atoms with Gasteiger partial charge in [-0.3, -0.25) is 9.78 Å². The van der Waals surface area contributed by atoms with Crippen molar-refractivity contribution >= 4 is 5.97 Å². The van der Waals surface area contributed by atoms with Crippen molar-refractivity contribution in [2.45, 2.75) is 25.7 Å². The number of hydrogen-bond donors (Lipinski definition) is 0. The zero-order valence-corrected chi connectivity index (χ0v) is 7.69. The summed E-state index contributed by atoms with van der Waals surface area (Å²) in [4.78, 5) is 19.7. The molecule has 3 rings (SSSR count). The maximum Gasteiger partial charge on any atom is 0.315 e. The molecule has 2 aliphatic carbocycles. The fraction of sp³-hybridized carbons (Fsp3) is 0.500. The van der Waals surface area contributed by atoms with E-state index in [1.54, 1.807) is 0 Å². The smallest absolute Gasteiger partial charge is 0.315 e. The molecule has 1 heterocycles. The normalized spacial score (nSPS) is 18.3. The molecule has 1 saturated carbocycles. The van der Waals surface area contributed by atoms with Crippen LogP contribution in [-0.2, 0) is 17.6 Å². The average molecular weight is 190 g/mol. The number of hydrogen-bond acceptors (Lipinski definition) is 4. The van der Waals surface area contributed by atoms with E-state index in [0.717, 1.165) is 37.1 Å². The first kappa shape index (κ1) is 7.91. The molecular formula is C10H10N2O2. The number of ether oxygens (including phenoxy) is 1. The van der Waals surface area contributed by atoms with Crippen molar-refractivity contribution in [1.82, 2.24) is 9.97 Å². The molecule has 2 aliphatic rings. The molecule has 0 radical (unpaired) electrons. The second kappa shape index (κ2) is 2.77. The van der Waals surface area contributed by atoms with Crippen LogP contribution >= 0.6 is 0 Å². The van der Waals surface area contributed by atoms with Crippen LogP contribution in [0, 0.1) is 5.92 Å². The lowest BCUT2D eigenvalue weighted by Gasteiger charge is -2.15. The minimum absolute atomic E-state index is 0.114. The summed E-state index contributed by atoms with van der Waals surface area (Å²) in [7, 11) is 0.